The average molecular weight is 481 g/mol. The molecule has 0 bridgehead atoms. The van der Waals surface area contributed by atoms with Crippen LogP contribution >= 0.6 is 0 Å². The molecule has 0 aliphatic rings. The Morgan fingerprint density at radius 2 is 0.833 bits per heavy atom. The summed E-state index contributed by atoms with van der Waals surface area (Å²) in [7, 11) is 0. The first-order valence-corrected chi connectivity index (χ1v) is 12.7. The number of carbonyl (C=O) groups is 2. The van der Waals surface area contributed by atoms with E-state index >= 15 is 0 Å². The predicted molar refractivity (Wildman–Crippen MR) is 153 cm³/mol. The Kier molecular flexibility index (Phi) is 9.82. The number of nitrogens with zero attached hydrogens (tertiary/aromatic N) is 2. The molecule has 0 aliphatic carbocycles. The van der Waals surface area contributed by atoms with Crippen molar-refractivity contribution < 1.29 is 9.59 Å². The van der Waals surface area contributed by atoms with Crippen LogP contribution in [0.1, 0.15) is 59.5 Å². The van der Waals surface area contributed by atoms with Gasteiger partial charge in [-0.25, -0.2) is 0 Å². The lowest BCUT2D eigenvalue weighted by Gasteiger charge is -2.20. The maximum atomic E-state index is 12.6. The van der Waals surface area contributed by atoms with Crippen molar-refractivity contribution in [2.75, 3.05) is 36.0 Å². The zero-order valence-corrected chi connectivity index (χ0v) is 21.8. The second-order valence-electron chi connectivity index (χ2n) is 8.50. The van der Waals surface area contributed by atoms with Crippen molar-refractivity contribution in [2.24, 2.45) is 0 Å². The molecule has 4 heteroatoms. The van der Waals surface area contributed by atoms with E-state index in [0.29, 0.717) is 11.1 Å². The highest BCUT2D eigenvalue weighted by Gasteiger charge is 2.06. The number of allylic oxidation sites excluding steroid dienone is 2. The summed E-state index contributed by atoms with van der Waals surface area (Å²) >= 11 is 0. The van der Waals surface area contributed by atoms with E-state index in [1.807, 2.05) is 84.9 Å². The Bertz CT molecular complexity index is 1090. The summed E-state index contributed by atoms with van der Waals surface area (Å²) in [6.45, 7) is 12.2. The molecule has 186 valence electrons. The highest BCUT2D eigenvalue weighted by atomic mass is 16.1. The van der Waals surface area contributed by atoms with Gasteiger partial charge in [0.1, 0.15) is 0 Å². The van der Waals surface area contributed by atoms with Gasteiger partial charge >= 0.3 is 0 Å². The lowest BCUT2D eigenvalue weighted by atomic mass is 10.1. The van der Waals surface area contributed by atoms with Crippen molar-refractivity contribution in [2.45, 2.75) is 27.7 Å². The molecule has 0 aliphatic heterocycles. The van der Waals surface area contributed by atoms with Gasteiger partial charge in [0, 0.05) is 48.7 Å². The Hall–Kier alpha value is -3.92. The van der Waals surface area contributed by atoms with E-state index in [1.165, 1.54) is 0 Å². The molecule has 0 fully saturated rings. The van der Waals surface area contributed by atoms with E-state index in [2.05, 4.69) is 37.5 Å². The fourth-order valence-electron chi connectivity index (χ4n) is 4.11. The first kappa shape index (κ1) is 26.7. The van der Waals surface area contributed by atoms with Gasteiger partial charge in [0.05, 0.1) is 0 Å². The molecule has 0 unspecified atom stereocenters. The first-order chi connectivity index (χ1) is 17.5. The molecule has 4 nitrogen and oxygen atoms in total. The first-order valence-electron chi connectivity index (χ1n) is 12.7. The van der Waals surface area contributed by atoms with Gasteiger partial charge in [0.25, 0.3) is 0 Å². The Balaban J connectivity index is 1.58. The third-order valence-electron chi connectivity index (χ3n) is 6.35. The van der Waals surface area contributed by atoms with E-state index in [0.717, 1.165) is 48.7 Å². The number of anilines is 2. The number of ketones is 2. The van der Waals surface area contributed by atoms with Crippen molar-refractivity contribution in [3.05, 3.63) is 107 Å². The van der Waals surface area contributed by atoms with Crippen LogP contribution in [0.3, 0.4) is 0 Å². The van der Waals surface area contributed by atoms with E-state index in [1.54, 1.807) is 12.2 Å². The molecule has 3 aromatic rings. The molecular weight excluding hydrogens is 444 g/mol. The monoisotopic (exact) mass is 480 g/mol. The van der Waals surface area contributed by atoms with Crippen LogP contribution in [0.2, 0.25) is 0 Å². The van der Waals surface area contributed by atoms with E-state index in [4.69, 9.17) is 0 Å². The molecule has 0 spiro atoms. The lowest BCUT2D eigenvalue weighted by Crippen LogP contribution is -2.21. The quantitative estimate of drug-likeness (QED) is 0.203. The van der Waals surface area contributed by atoms with Crippen LogP contribution in [-0.2, 0) is 0 Å². The highest BCUT2D eigenvalue weighted by Crippen LogP contribution is 2.17. The van der Waals surface area contributed by atoms with Crippen LogP contribution in [-0.4, -0.2) is 37.7 Å². The van der Waals surface area contributed by atoms with Gasteiger partial charge in [0.2, 0.25) is 0 Å². The van der Waals surface area contributed by atoms with Crippen molar-refractivity contribution in [1.29, 1.82) is 0 Å². The van der Waals surface area contributed by atoms with Gasteiger partial charge in [-0.3, -0.25) is 9.59 Å². The van der Waals surface area contributed by atoms with Crippen LogP contribution in [0, 0.1) is 0 Å². The van der Waals surface area contributed by atoms with Gasteiger partial charge in [-0.1, -0.05) is 36.4 Å². The van der Waals surface area contributed by atoms with Crippen molar-refractivity contribution in [3.8, 4) is 0 Å². The molecule has 3 aromatic carbocycles. The molecule has 0 saturated heterocycles. The van der Waals surface area contributed by atoms with Crippen LogP contribution in [0.15, 0.2) is 84.9 Å². The summed E-state index contributed by atoms with van der Waals surface area (Å²) in [5.74, 6) is -0.0506. The minimum absolute atomic E-state index is 0.0253. The molecule has 0 atom stereocenters. The van der Waals surface area contributed by atoms with Gasteiger partial charge in [-0.05, 0) is 99.5 Å². The van der Waals surface area contributed by atoms with Crippen LogP contribution in [0.4, 0.5) is 11.4 Å². The number of rotatable bonds is 12. The molecule has 0 heterocycles. The maximum absolute atomic E-state index is 12.6. The molecule has 36 heavy (non-hydrogen) atoms. The molecule has 0 aromatic heterocycles. The van der Waals surface area contributed by atoms with Crippen molar-refractivity contribution >= 4 is 35.1 Å². The highest BCUT2D eigenvalue weighted by molar-refractivity contribution is 6.07. The minimum Gasteiger partial charge on any atom is -0.372 e. The molecular formula is C32H36N2O2. The third kappa shape index (κ3) is 7.05. The van der Waals surface area contributed by atoms with E-state index < -0.39 is 0 Å². The molecule has 3 rings (SSSR count). The van der Waals surface area contributed by atoms with Gasteiger partial charge in [0.15, 0.2) is 11.6 Å². The summed E-state index contributed by atoms with van der Waals surface area (Å²) in [6, 6.07) is 23.3. The Labute approximate surface area is 215 Å². The zero-order chi connectivity index (χ0) is 25.9. The summed E-state index contributed by atoms with van der Waals surface area (Å²) in [6.07, 6.45) is 6.83. The normalized spacial score (nSPS) is 11.2. The lowest BCUT2D eigenvalue weighted by molar-refractivity contribution is 0.103. The second kappa shape index (κ2) is 13.2. The number of benzene rings is 3. The van der Waals surface area contributed by atoms with Gasteiger partial charge in [-0.15, -0.1) is 0 Å². The average Bonchev–Trinajstić information content (AvgIpc) is 2.93. The minimum atomic E-state index is -0.0253. The van der Waals surface area contributed by atoms with E-state index in [-0.39, 0.29) is 11.6 Å². The molecule has 0 radical (unpaired) electrons. The number of carbonyl (C=O) groups excluding carboxylic acids is 2. The summed E-state index contributed by atoms with van der Waals surface area (Å²) in [5.41, 5.74) is 5.45. The van der Waals surface area contributed by atoms with Gasteiger partial charge in [-0.2, -0.15) is 0 Å². The number of hydrogen-bond donors (Lipinski definition) is 0. The summed E-state index contributed by atoms with van der Waals surface area (Å²) in [5, 5.41) is 0. The van der Waals surface area contributed by atoms with Gasteiger partial charge < -0.3 is 9.80 Å². The Morgan fingerprint density at radius 1 is 0.528 bits per heavy atom. The molecule has 0 saturated carbocycles. The molecule has 0 amide bonds. The van der Waals surface area contributed by atoms with Crippen molar-refractivity contribution in [3.63, 3.8) is 0 Å². The fraction of sp³-hybridized carbons (Fsp3) is 0.250. The van der Waals surface area contributed by atoms with Crippen LogP contribution in [0.5, 0.6) is 0 Å². The van der Waals surface area contributed by atoms with E-state index in [9.17, 15) is 9.59 Å². The fourth-order valence-corrected chi connectivity index (χ4v) is 4.11. The smallest absolute Gasteiger partial charge is 0.185 e. The SMILES string of the molecule is CCN(CC)c1ccc(C(=O)C=Cc2ccc(C=CC(=O)c3ccc(N(CC)CC)cc3)cc2)cc1. The third-order valence-corrected chi connectivity index (χ3v) is 6.35. The topological polar surface area (TPSA) is 40.6 Å². The summed E-state index contributed by atoms with van der Waals surface area (Å²) in [4.78, 5) is 29.6. The van der Waals surface area contributed by atoms with Crippen LogP contribution in [0.25, 0.3) is 12.2 Å². The number of hydrogen-bond acceptors (Lipinski definition) is 4. The maximum Gasteiger partial charge on any atom is 0.185 e. The molecule has 0 N–H and O–H groups in total. The standard InChI is InChI=1S/C32H36N2O2/c1-5-33(6-2)29-19-15-27(16-20-29)31(35)23-13-25-9-11-26(12-10-25)14-24-32(36)28-17-21-30(22-18-28)34(7-3)8-4/h9-24H,5-8H2,1-4H3. The predicted octanol–water partition coefficient (Wildman–Crippen LogP) is 7.17. The summed E-state index contributed by atoms with van der Waals surface area (Å²) < 4.78 is 0. The van der Waals surface area contributed by atoms with Crippen LogP contribution < -0.4 is 9.80 Å². The Morgan fingerprint density at radius 3 is 1.11 bits per heavy atom. The van der Waals surface area contributed by atoms with Crippen molar-refractivity contribution in [1.82, 2.24) is 0 Å². The second-order valence-corrected chi connectivity index (χ2v) is 8.50. The largest absolute Gasteiger partial charge is 0.372 e. The zero-order valence-electron chi connectivity index (χ0n) is 21.8.